The number of nitrogens with zero attached hydrogens (tertiary/aromatic N) is 1. The molecule has 1 aliphatic carbocycles. The van der Waals surface area contributed by atoms with E-state index >= 15 is 0 Å². The second kappa shape index (κ2) is 4.61. The first kappa shape index (κ1) is 11.5. The average molecular weight is 246 g/mol. The van der Waals surface area contributed by atoms with Crippen molar-refractivity contribution in [3.05, 3.63) is 34.8 Å². The molecule has 1 aliphatic rings. The van der Waals surface area contributed by atoms with E-state index in [2.05, 4.69) is 12.2 Å². The molecule has 1 fully saturated rings. The summed E-state index contributed by atoms with van der Waals surface area (Å²) in [6, 6.07) is 8.29. The number of hydrogen-bond donors (Lipinski definition) is 1. The van der Waals surface area contributed by atoms with Crippen LogP contribution in [-0.4, -0.2) is 17.2 Å². The van der Waals surface area contributed by atoms with Crippen molar-refractivity contribution < 1.29 is 4.42 Å². The predicted molar refractivity (Wildman–Crippen MR) is 70.7 cm³/mol. The maximum atomic E-state index is 11.8. The molecule has 0 saturated heterocycles. The van der Waals surface area contributed by atoms with E-state index in [9.17, 15) is 4.79 Å². The lowest BCUT2D eigenvalue weighted by Gasteiger charge is -2.12. The Balaban J connectivity index is 1.76. The topological polar surface area (TPSA) is 47.2 Å². The highest BCUT2D eigenvalue weighted by Gasteiger charge is 2.21. The van der Waals surface area contributed by atoms with Crippen molar-refractivity contribution >= 4 is 11.1 Å². The summed E-state index contributed by atoms with van der Waals surface area (Å²) in [4.78, 5) is 11.8. The molecule has 1 heterocycles. The highest BCUT2D eigenvalue weighted by Crippen LogP contribution is 2.19. The Hall–Kier alpha value is -1.55. The molecule has 3 rings (SSSR count). The summed E-state index contributed by atoms with van der Waals surface area (Å²) in [5, 5.41) is 3.49. The fraction of sp³-hybridized carbons (Fsp3) is 0.500. The summed E-state index contributed by atoms with van der Waals surface area (Å²) < 4.78 is 6.96. The molecule has 1 atom stereocenters. The van der Waals surface area contributed by atoms with Crippen molar-refractivity contribution in [3.63, 3.8) is 0 Å². The van der Waals surface area contributed by atoms with Gasteiger partial charge in [0.05, 0.1) is 5.52 Å². The third-order valence-electron chi connectivity index (χ3n) is 3.40. The summed E-state index contributed by atoms with van der Waals surface area (Å²) >= 11 is 0. The minimum Gasteiger partial charge on any atom is -0.408 e. The molecule has 1 aromatic heterocycles. The van der Waals surface area contributed by atoms with Crippen molar-refractivity contribution in [2.45, 2.75) is 32.4 Å². The zero-order chi connectivity index (χ0) is 12.5. The van der Waals surface area contributed by atoms with E-state index < -0.39 is 0 Å². The van der Waals surface area contributed by atoms with Crippen molar-refractivity contribution in [3.8, 4) is 0 Å². The lowest BCUT2D eigenvalue weighted by atomic mass is 10.1. The molecule has 1 aromatic carbocycles. The van der Waals surface area contributed by atoms with Gasteiger partial charge in [0, 0.05) is 12.6 Å². The van der Waals surface area contributed by atoms with Gasteiger partial charge in [0.1, 0.15) is 0 Å². The molecule has 96 valence electrons. The van der Waals surface area contributed by atoms with Gasteiger partial charge >= 0.3 is 5.76 Å². The summed E-state index contributed by atoms with van der Waals surface area (Å²) in [6.07, 6.45) is 2.59. The minimum absolute atomic E-state index is 0.255. The first-order chi connectivity index (χ1) is 8.74. The predicted octanol–water partition coefficient (Wildman–Crippen LogP) is 1.98. The smallest absolute Gasteiger partial charge is 0.408 e. The number of rotatable bonds is 5. The quantitative estimate of drug-likeness (QED) is 0.877. The summed E-state index contributed by atoms with van der Waals surface area (Å²) in [7, 11) is 0. The Bertz CT molecular complexity index is 595. The van der Waals surface area contributed by atoms with Gasteiger partial charge in [-0.15, -0.1) is 0 Å². The molecule has 0 bridgehead atoms. The van der Waals surface area contributed by atoms with E-state index in [-0.39, 0.29) is 5.76 Å². The number of benzene rings is 1. The van der Waals surface area contributed by atoms with Crippen molar-refractivity contribution in [1.82, 2.24) is 9.88 Å². The van der Waals surface area contributed by atoms with Crippen LogP contribution in [0.25, 0.3) is 11.1 Å². The Labute approximate surface area is 106 Å². The van der Waals surface area contributed by atoms with Crippen molar-refractivity contribution in [2.24, 2.45) is 5.92 Å². The van der Waals surface area contributed by atoms with E-state index in [1.807, 2.05) is 24.3 Å². The lowest BCUT2D eigenvalue weighted by molar-refractivity contribution is 0.417. The molecule has 0 spiro atoms. The fourth-order valence-electron chi connectivity index (χ4n) is 2.22. The Morgan fingerprint density at radius 3 is 3.00 bits per heavy atom. The summed E-state index contributed by atoms with van der Waals surface area (Å²) in [6.45, 7) is 3.82. The molecule has 18 heavy (non-hydrogen) atoms. The fourth-order valence-corrected chi connectivity index (χ4v) is 2.22. The number of aromatic nitrogens is 1. The van der Waals surface area contributed by atoms with Gasteiger partial charge in [-0.25, -0.2) is 4.79 Å². The first-order valence-corrected chi connectivity index (χ1v) is 6.56. The molecule has 4 heteroatoms. The maximum Gasteiger partial charge on any atom is 0.419 e. The Morgan fingerprint density at radius 1 is 1.44 bits per heavy atom. The third kappa shape index (κ3) is 2.34. The van der Waals surface area contributed by atoms with Gasteiger partial charge in [-0.05, 0) is 37.4 Å². The molecule has 4 nitrogen and oxygen atoms in total. The van der Waals surface area contributed by atoms with Crippen LogP contribution in [0.5, 0.6) is 0 Å². The van der Waals surface area contributed by atoms with Crippen molar-refractivity contribution in [2.75, 3.05) is 6.54 Å². The number of oxazole rings is 1. The third-order valence-corrected chi connectivity index (χ3v) is 3.40. The molecule has 0 aliphatic heterocycles. The monoisotopic (exact) mass is 246 g/mol. The van der Waals surface area contributed by atoms with E-state index in [0.717, 1.165) is 12.1 Å². The molecule has 1 unspecified atom stereocenters. The largest absolute Gasteiger partial charge is 0.419 e. The lowest BCUT2D eigenvalue weighted by Crippen LogP contribution is -2.28. The van der Waals surface area contributed by atoms with Gasteiger partial charge < -0.3 is 9.73 Å². The normalized spacial score (nSPS) is 17.2. The number of nitrogens with one attached hydrogen (secondary N) is 1. The van der Waals surface area contributed by atoms with Crippen LogP contribution in [0.3, 0.4) is 0 Å². The SMILES string of the molecule is CC(CNC1CC1)Cn1c(=O)oc2ccccc21. The number of fused-ring (bicyclic) bond motifs is 1. The molecule has 1 saturated carbocycles. The van der Waals surface area contributed by atoms with Crippen LogP contribution in [0.1, 0.15) is 19.8 Å². The van der Waals surface area contributed by atoms with Crippen molar-refractivity contribution in [1.29, 1.82) is 0 Å². The average Bonchev–Trinajstić information content (AvgIpc) is 3.14. The van der Waals surface area contributed by atoms with Crippen LogP contribution < -0.4 is 11.1 Å². The number of hydrogen-bond acceptors (Lipinski definition) is 3. The van der Waals surface area contributed by atoms with Crippen LogP contribution in [0, 0.1) is 5.92 Å². The zero-order valence-corrected chi connectivity index (χ0v) is 10.6. The summed E-state index contributed by atoms with van der Waals surface area (Å²) in [5.74, 6) is 0.166. The van der Waals surface area contributed by atoms with Crippen LogP contribution in [-0.2, 0) is 6.54 Å². The Kier molecular flexibility index (Phi) is 2.96. The number of para-hydroxylation sites is 2. The molecule has 0 radical (unpaired) electrons. The van der Waals surface area contributed by atoms with E-state index in [1.165, 1.54) is 12.8 Å². The molecule has 2 aromatic rings. The van der Waals surface area contributed by atoms with Gasteiger partial charge in [-0.2, -0.15) is 0 Å². The second-order valence-corrected chi connectivity index (χ2v) is 5.23. The van der Waals surface area contributed by atoms with Gasteiger partial charge in [0.15, 0.2) is 5.58 Å². The summed E-state index contributed by atoms with van der Waals surface area (Å²) in [5.41, 5.74) is 1.56. The zero-order valence-electron chi connectivity index (χ0n) is 10.6. The molecule has 0 amide bonds. The molecular weight excluding hydrogens is 228 g/mol. The second-order valence-electron chi connectivity index (χ2n) is 5.23. The van der Waals surface area contributed by atoms with Gasteiger partial charge in [-0.3, -0.25) is 4.57 Å². The Morgan fingerprint density at radius 2 is 2.22 bits per heavy atom. The highest BCUT2D eigenvalue weighted by molar-refractivity contribution is 5.72. The van der Waals surface area contributed by atoms with Crippen LogP contribution in [0.4, 0.5) is 0 Å². The van der Waals surface area contributed by atoms with E-state index in [0.29, 0.717) is 24.1 Å². The standard InChI is InChI=1S/C14H18N2O2/c1-10(8-15-11-6-7-11)9-16-12-4-2-3-5-13(12)18-14(16)17/h2-5,10-11,15H,6-9H2,1H3. The van der Waals surface area contributed by atoms with Crippen LogP contribution in [0.15, 0.2) is 33.5 Å². The maximum absolute atomic E-state index is 11.8. The van der Waals surface area contributed by atoms with Gasteiger partial charge in [0.25, 0.3) is 0 Å². The molecular formula is C14H18N2O2. The molecule has 1 N–H and O–H groups in total. The first-order valence-electron chi connectivity index (χ1n) is 6.56. The van der Waals surface area contributed by atoms with Gasteiger partial charge in [0.2, 0.25) is 0 Å². The van der Waals surface area contributed by atoms with E-state index in [4.69, 9.17) is 4.42 Å². The van der Waals surface area contributed by atoms with Crippen LogP contribution in [0.2, 0.25) is 0 Å². The minimum atomic E-state index is -0.255. The van der Waals surface area contributed by atoms with E-state index in [1.54, 1.807) is 4.57 Å². The van der Waals surface area contributed by atoms with Gasteiger partial charge in [-0.1, -0.05) is 19.1 Å². The van der Waals surface area contributed by atoms with Crippen LogP contribution >= 0.6 is 0 Å². The highest BCUT2D eigenvalue weighted by atomic mass is 16.4.